The fourth-order valence-corrected chi connectivity index (χ4v) is 5.88. The van der Waals surface area contributed by atoms with Crippen molar-refractivity contribution in [3.05, 3.63) is 60.3 Å². The molecule has 0 aliphatic rings. The third-order valence-electron chi connectivity index (χ3n) is 5.20. The lowest BCUT2D eigenvalue weighted by Gasteiger charge is -2.21. The van der Waals surface area contributed by atoms with Crippen LogP contribution in [0.3, 0.4) is 0 Å². The minimum Gasteiger partial charge on any atom is -0.309 e. The van der Waals surface area contributed by atoms with Crippen molar-refractivity contribution in [2.75, 3.05) is 44.4 Å². The average molecular weight is 502 g/mol. The number of aromatic nitrogens is 1. The molecule has 1 aromatic heterocycles. The SMILES string of the molecule is CCc1nc(N(CCCN(C)C)C(=O)Nc2ccc(-c3ccccc3)cc2)sc1S(=O)(=O)NC. The predicted octanol–water partition coefficient (Wildman–Crippen LogP) is 4.27. The Hall–Kier alpha value is -2.79. The number of urea groups is 1. The lowest BCUT2D eigenvalue weighted by Crippen LogP contribution is -2.37. The van der Waals surface area contributed by atoms with Crippen LogP contribution in [0.4, 0.5) is 15.6 Å². The topological polar surface area (TPSA) is 94.6 Å². The first-order chi connectivity index (χ1) is 16.2. The molecule has 8 nitrogen and oxygen atoms in total. The summed E-state index contributed by atoms with van der Waals surface area (Å²) in [5, 5.41) is 3.30. The van der Waals surface area contributed by atoms with Gasteiger partial charge in [0.2, 0.25) is 0 Å². The van der Waals surface area contributed by atoms with Crippen molar-refractivity contribution in [3.63, 3.8) is 0 Å². The van der Waals surface area contributed by atoms with E-state index in [-0.39, 0.29) is 10.2 Å². The number of nitrogens with zero attached hydrogens (tertiary/aromatic N) is 3. The molecule has 10 heteroatoms. The van der Waals surface area contributed by atoms with Crippen LogP contribution in [0.25, 0.3) is 11.1 Å². The second-order valence-corrected chi connectivity index (χ2v) is 11.0. The monoisotopic (exact) mass is 501 g/mol. The summed E-state index contributed by atoms with van der Waals surface area (Å²) in [5.41, 5.74) is 3.25. The molecule has 0 bridgehead atoms. The van der Waals surface area contributed by atoms with E-state index in [1.807, 2.05) is 80.5 Å². The first-order valence-corrected chi connectivity index (χ1v) is 13.4. The van der Waals surface area contributed by atoms with E-state index >= 15 is 0 Å². The Balaban J connectivity index is 1.85. The van der Waals surface area contributed by atoms with E-state index in [9.17, 15) is 13.2 Å². The van der Waals surface area contributed by atoms with Gasteiger partial charge in [-0.25, -0.2) is 22.9 Å². The summed E-state index contributed by atoms with van der Waals surface area (Å²) in [6.07, 6.45) is 1.16. The Morgan fingerprint density at radius 1 is 1.00 bits per heavy atom. The number of hydrogen-bond donors (Lipinski definition) is 2. The van der Waals surface area contributed by atoms with E-state index in [0.29, 0.717) is 35.9 Å². The molecule has 0 unspecified atom stereocenters. The standard InChI is InChI=1S/C24H31N5O3S2/c1-5-21-22(34(31,32)25-2)33-24(27-21)29(17-9-16-28(3)4)23(30)26-20-14-12-19(13-15-20)18-10-7-6-8-11-18/h6-8,10-15,25H,5,9,16-17H2,1-4H3,(H,26,30). The Kier molecular flexibility index (Phi) is 8.78. The summed E-state index contributed by atoms with van der Waals surface area (Å²) in [6.45, 7) is 3.03. The van der Waals surface area contributed by atoms with Gasteiger partial charge in [0.1, 0.15) is 0 Å². The third-order valence-corrected chi connectivity index (χ3v) is 8.29. The minimum atomic E-state index is -3.66. The number of benzene rings is 2. The summed E-state index contributed by atoms with van der Waals surface area (Å²) in [4.78, 5) is 21.3. The van der Waals surface area contributed by atoms with Crippen LogP contribution in [0, 0.1) is 0 Å². The van der Waals surface area contributed by atoms with Crippen LogP contribution in [-0.2, 0) is 16.4 Å². The van der Waals surface area contributed by atoms with Crippen LogP contribution >= 0.6 is 11.3 Å². The van der Waals surface area contributed by atoms with Crippen molar-refractivity contribution in [1.82, 2.24) is 14.6 Å². The Morgan fingerprint density at radius 3 is 2.24 bits per heavy atom. The van der Waals surface area contributed by atoms with E-state index in [1.54, 1.807) is 0 Å². The molecule has 34 heavy (non-hydrogen) atoms. The largest absolute Gasteiger partial charge is 0.328 e. The average Bonchev–Trinajstić information content (AvgIpc) is 3.28. The maximum Gasteiger partial charge on any atom is 0.328 e. The van der Waals surface area contributed by atoms with E-state index in [2.05, 4.69) is 15.0 Å². The van der Waals surface area contributed by atoms with Crippen LogP contribution in [0.5, 0.6) is 0 Å². The lowest BCUT2D eigenvalue weighted by atomic mass is 10.1. The first-order valence-electron chi connectivity index (χ1n) is 11.1. The Morgan fingerprint density at radius 2 is 1.65 bits per heavy atom. The molecule has 3 aromatic rings. The lowest BCUT2D eigenvalue weighted by molar-refractivity contribution is 0.256. The minimum absolute atomic E-state index is 0.144. The summed E-state index contributed by atoms with van der Waals surface area (Å²) >= 11 is 1.01. The van der Waals surface area contributed by atoms with Gasteiger partial charge < -0.3 is 10.2 Å². The molecule has 0 atom stereocenters. The van der Waals surface area contributed by atoms with Gasteiger partial charge in [0, 0.05) is 12.2 Å². The number of nitrogens with one attached hydrogen (secondary N) is 2. The molecule has 0 saturated heterocycles. The van der Waals surface area contributed by atoms with Crippen molar-refractivity contribution >= 4 is 38.2 Å². The highest BCUT2D eigenvalue weighted by atomic mass is 32.2. The number of rotatable bonds is 10. The zero-order valence-electron chi connectivity index (χ0n) is 19.9. The van der Waals surface area contributed by atoms with Crippen molar-refractivity contribution in [1.29, 1.82) is 0 Å². The number of carbonyl (C=O) groups is 1. The zero-order chi connectivity index (χ0) is 24.7. The quantitative estimate of drug-likeness (QED) is 0.433. The van der Waals surface area contributed by atoms with Gasteiger partial charge in [0.25, 0.3) is 10.0 Å². The van der Waals surface area contributed by atoms with Crippen molar-refractivity contribution in [2.45, 2.75) is 24.0 Å². The highest BCUT2D eigenvalue weighted by Crippen LogP contribution is 2.31. The highest BCUT2D eigenvalue weighted by molar-refractivity contribution is 7.91. The number of aryl methyl sites for hydroxylation is 1. The maximum absolute atomic E-state index is 13.3. The summed E-state index contributed by atoms with van der Waals surface area (Å²) in [6, 6.07) is 17.3. The summed E-state index contributed by atoms with van der Waals surface area (Å²) in [5.74, 6) is 0. The molecule has 2 N–H and O–H groups in total. The Labute approximate surface area is 205 Å². The number of amides is 2. The van der Waals surface area contributed by atoms with Crippen molar-refractivity contribution in [3.8, 4) is 11.1 Å². The van der Waals surface area contributed by atoms with E-state index in [0.717, 1.165) is 29.0 Å². The number of anilines is 2. The summed E-state index contributed by atoms with van der Waals surface area (Å²) in [7, 11) is 1.64. The molecule has 0 spiro atoms. The van der Waals surface area contributed by atoms with E-state index in [4.69, 9.17) is 0 Å². The maximum atomic E-state index is 13.3. The normalized spacial score (nSPS) is 11.6. The van der Waals surface area contributed by atoms with Crippen molar-refractivity contribution < 1.29 is 13.2 Å². The second-order valence-electron chi connectivity index (χ2n) is 7.97. The Bertz CT molecular complexity index is 1190. The van der Waals surface area contributed by atoms with Crippen LogP contribution in [-0.4, -0.2) is 58.6 Å². The van der Waals surface area contributed by atoms with E-state index in [1.165, 1.54) is 11.9 Å². The van der Waals surface area contributed by atoms with Crippen molar-refractivity contribution in [2.24, 2.45) is 0 Å². The molecule has 182 valence electrons. The number of hydrogen-bond acceptors (Lipinski definition) is 6. The molecular weight excluding hydrogens is 470 g/mol. The molecule has 0 fully saturated rings. The smallest absolute Gasteiger partial charge is 0.309 e. The zero-order valence-corrected chi connectivity index (χ0v) is 21.5. The predicted molar refractivity (Wildman–Crippen MR) is 139 cm³/mol. The summed E-state index contributed by atoms with van der Waals surface area (Å²) < 4.78 is 27.4. The number of carbonyl (C=O) groups excluding carboxylic acids is 1. The van der Waals surface area contributed by atoms with Crippen LogP contribution < -0.4 is 14.9 Å². The van der Waals surface area contributed by atoms with Crippen LogP contribution in [0.1, 0.15) is 19.0 Å². The molecule has 0 radical (unpaired) electrons. The van der Waals surface area contributed by atoms with Gasteiger partial charge in [-0.1, -0.05) is 60.7 Å². The second kappa shape index (κ2) is 11.6. The van der Waals surface area contributed by atoms with Gasteiger partial charge in [-0.05, 0) is 63.8 Å². The number of sulfonamides is 1. The first kappa shape index (κ1) is 25.8. The van der Waals surface area contributed by atoms with Gasteiger partial charge >= 0.3 is 6.03 Å². The van der Waals surface area contributed by atoms with Crippen LogP contribution in [0.2, 0.25) is 0 Å². The van der Waals surface area contributed by atoms with Gasteiger partial charge in [0.15, 0.2) is 9.34 Å². The van der Waals surface area contributed by atoms with Gasteiger partial charge in [-0.3, -0.25) is 4.90 Å². The molecule has 0 aliphatic carbocycles. The third kappa shape index (κ3) is 6.41. The fourth-order valence-electron chi connectivity index (χ4n) is 3.36. The molecule has 3 rings (SSSR count). The van der Waals surface area contributed by atoms with Crippen LogP contribution in [0.15, 0.2) is 58.8 Å². The molecule has 2 amide bonds. The fraction of sp³-hybridized carbons (Fsp3) is 0.333. The molecular formula is C24H31N5O3S2. The van der Waals surface area contributed by atoms with Gasteiger partial charge in [0.05, 0.1) is 5.69 Å². The molecule has 0 aliphatic heterocycles. The van der Waals surface area contributed by atoms with Gasteiger partial charge in [-0.2, -0.15) is 0 Å². The van der Waals surface area contributed by atoms with E-state index < -0.39 is 10.0 Å². The highest BCUT2D eigenvalue weighted by Gasteiger charge is 2.26. The van der Waals surface area contributed by atoms with Gasteiger partial charge in [-0.15, -0.1) is 0 Å². The number of thiazole rings is 1. The molecule has 1 heterocycles. The molecule has 0 saturated carbocycles. The molecule has 2 aromatic carbocycles.